The molecule has 0 fully saturated rings. The monoisotopic (exact) mass is 163 g/mol. The Morgan fingerprint density at radius 2 is 2.08 bits per heavy atom. The van der Waals surface area contributed by atoms with Crippen LogP contribution in [0.15, 0.2) is 16.1 Å². The van der Waals surface area contributed by atoms with E-state index in [9.17, 15) is 4.79 Å². The largest absolute Gasteiger partial charge is 0.294 e. The number of ketones is 1. The van der Waals surface area contributed by atoms with Gasteiger partial charge in [-0.1, -0.05) is 13.8 Å². The van der Waals surface area contributed by atoms with Crippen molar-refractivity contribution in [2.75, 3.05) is 6.54 Å². The normalized spacial score (nSPS) is 22.2. The van der Waals surface area contributed by atoms with Crippen LogP contribution in [-0.4, -0.2) is 18.0 Å². The lowest BCUT2D eigenvalue weighted by molar-refractivity contribution is -0.114. The summed E-state index contributed by atoms with van der Waals surface area (Å²) in [5.41, 5.74) is 3.31. The highest BCUT2D eigenvalue weighted by atomic mass is 16.1. The first-order chi connectivity index (χ1) is 5.70. The summed E-state index contributed by atoms with van der Waals surface area (Å²) in [5.74, 6) is 0.717. The number of hydrogen-bond donors (Lipinski definition) is 0. The van der Waals surface area contributed by atoms with Crippen LogP contribution in [0.3, 0.4) is 0 Å². The zero-order chi connectivity index (χ0) is 8.72. The van der Waals surface area contributed by atoms with Gasteiger partial charge in [-0.25, -0.2) is 0 Å². The van der Waals surface area contributed by atoms with E-state index >= 15 is 0 Å². The smallest absolute Gasteiger partial charge is 0.165 e. The van der Waals surface area contributed by atoms with Crippen LogP contribution in [0.5, 0.6) is 0 Å². The number of Topliss-reactive ketones (excluding diaryl/α,β-unsaturated/α-hetero) is 1. The predicted octanol–water partition coefficient (Wildman–Crippen LogP) is 1.76. The number of aliphatic imine (C=N–C) groups is 1. The Hall–Kier alpha value is -0.920. The summed E-state index contributed by atoms with van der Waals surface area (Å²) in [6.07, 6.45) is 1.67. The summed E-state index contributed by atoms with van der Waals surface area (Å²) in [6.45, 7) is 4.98. The first kappa shape index (κ1) is 7.71. The lowest BCUT2D eigenvalue weighted by Gasteiger charge is -2.06. The number of nitrogens with zero attached hydrogens (tertiary/aromatic N) is 1. The quantitative estimate of drug-likeness (QED) is 0.579. The lowest BCUT2D eigenvalue weighted by atomic mass is 9.99. The standard InChI is InChI=1S/C10H13NO/c1-6(2)10-9-7(5-11-10)3-4-8(9)12/h6H,3-5H2,1-2H3. The Bertz CT molecular complexity index is 297. The highest BCUT2D eigenvalue weighted by Crippen LogP contribution is 2.30. The average molecular weight is 163 g/mol. The van der Waals surface area contributed by atoms with Gasteiger partial charge in [0, 0.05) is 17.7 Å². The Morgan fingerprint density at radius 1 is 1.33 bits per heavy atom. The van der Waals surface area contributed by atoms with E-state index in [2.05, 4.69) is 18.8 Å². The van der Waals surface area contributed by atoms with Gasteiger partial charge in [-0.05, 0) is 17.9 Å². The Balaban J connectivity index is 2.36. The molecule has 0 saturated heterocycles. The molecule has 0 saturated carbocycles. The fourth-order valence-corrected chi connectivity index (χ4v) is 1.92. The van der Waals surface area contributed by atoms with E-state index < -0.39 is 0 Å². The summed E-state index contributed by atoms with van der Waals surface area (Å²) < 4.78 is 0. The van der Waals surface area contributed by atoms with Gasteiger partial charge in [0.2, 0.25) is 0 Å². The number of carbonyl (C=O) groups is 1. The number of carbonyl (C=O) groups excluding carboxylic acids is 1. The minimum Gasteiger partial charge on any atom is -0.294 e. The van der Waals surface area contributed by atoms with E-state index in [1.54, 1.807) is 0 Å². The van der Waals surface area contributed by atoms with Crippen molar-refractivity contribution in [1.29, 1.82) is 0 Å². The van der Waals surface area contributed by atoms with Gasteiger partial charge in [0.05, 0.1) is 6.54 Å². The van der Waals surface area contributed by atoms with Gasteiger partial charge in [0.15, 0.2) is 5.78 Å². The second kappa shape index (κ2) is 2.54. The predicted molar refractivity (Wildman–Crippen MR) is 48.4 cm³/mol. The molecular formula is C10H13NO. The van der Waals surface area contributed by atoms with Crippen molar-refractivity contribution in [3.05, 3.63) is 11.1 Å². The van der Waals surface area contributed by atoms with E-state index in [1.807, 2.05) is 0 Å². The van der Waals surface area contributed by atoms with Gasteiger partial charge in [-0.15, -0.1) is 0 Å². The van der Waals surface area contributed by atoms with Gasteiger partial charge in [-0.2, -0.15) is 0 Å². The molecule has 2 rings (SSSR count). The summed E-state index contributed by atoms with van der Waals surface area (Å²) in [5, 5.41) is 0. The fraction of sp³-hybridized carbons (Fsp3) is 0.600. The molecule has 0 aromatic rings. The topological polar surface area (TPSA) is 29.4 Å². The molecule has 0 amide bonds. The zero-order valence-corrected chi connectivity index (χ0v) is 7.55. The minimum atomic E-state index is 0.315. The number of allylic oxidation sites excluding steroid dienone is 1. The Labute approximate surface area is 72.4 Å². The van der Waals surface area contributed by atoms with E-state index in [0.717, 1.165) is 30.7 Å². The lowest BCUT2D eigenvalue weighted by Crippen LogP contribution is -2.13. The summed E-state index contributed by atoms with van der Waals surface area (Å²) >= 11 is 0. The Morgan fingerprint density at radius 3 is 2.75 bits per heavy atom. The van der Waals surface area contributed by atoms with E-state index in [0.29, 0.717) is 11.7 Å². The van der Waals surface area contributed by atoms with Gasteiger partial charge in [0.25, 0.3) is 0 Å². The molecule has 12 heavy (non-hydrogen) atoms. The van der Waals surface area contributed by atoms with Crippen molar-refractivity contribution in [2.24, 2.45) is 10.9 Å². The SMILES string of the molecule is CC(C)C1=NCC2=C1C(=O)CC2. The van der Waals surface area contributed by atoms with E-state index in [-0.39, 0.29) is 0 Å². The van der Waals surface area contributed by atoms with Crippen molar-refractivity contribution >= 4 is 11.5 Å². The second-order valence-electron chi connectivity index (χ2n) is 3.76. The summed E-state index contributed by atoms with van der Waals surface area (Å²) in [7, 11) is 0. The average Bonchev–Trinajstić information content (AvgIpc) is 2.53. The molecule has 0 spiro atoms. The molecule has 0 radical (unpaired) electrons. The highest BCUT2D eigenvalue weighted by molar-refractivity contribution is 6.26. The fourth-order valence-electron chi connectivity index (χ4n) is 1.92. The second-order valence-corrected chi connectivity index (χ2v) is 3.76. The van der Waals surface area contributed by atoms with Gasteiger partial charge in [0.1, 0.15) is 0 Å². The molecule has 0 atom stereocenters. The maximum absolute atomic E-state index is 11.4. The number of rotatable bonds is 1. The molecule has 1 heterocycles. The third-order valence-electron chi connectivity index (χ3n) is 2.53. The minimum absolute atomic E-state index is 0.315. The molecule has 0 aromatic carbocycles. The molecule has 0 N–H and O–H groups in total. The van der Waals surface area contributed by atoms with Crippen LogP contribution >= 0.6 is 0 Å². The third-order valence-corrected chi connectivity index (χ3v) is 2.53. The maximum atomic E-state index is 11.4. The van der Waals surface area contributed by atoms with E-state index in [4.69, 9.17) is 0 Å². The summed E-state index contributed by atoms with van der Waals surface area (Å²) in [4.78, 5) is 15.8. The number of hydrogen-bond acceptors (Lipinski definition) is 2. The van der Waals surface area contributed by atoms with Crippen molar-refractivity contribution in [2.45, 2.75) is 26.7 Å². The van der Waals surface area contributed by atoms with E-state index in [1.165, 1.54) is 5.57 Å². The molecule has 0 bridgehead atoms. The van der Waals surface area contributed by atoms with Crippen molar-refractivity contribution in [3.63, 3.8) is 0 Å². The highest BCUT2D eigenvalue weighted by Gasteiger charge is 2.31. The van der Waals surface area contributed by atoms with Crippen LogP contribution in [0, 0.1) is 5.92 Å². The van der Waals surface area contributed by atoms with Crippen molar-refractivity contribution < 1.29 is 4.79 Å². The van der Waals surface area contributed by atoms with Crippen LogP contribution < -0.4 is 0 Å². The molecule has 2 heteroatoms. The van der Waals surface area contributed by atoms with Crippen LogP contribution in [0.2, 0.25) is 0 Å². The molecule has 2 aliphatic rings. The molecular weight excluding hydrogens is 150 g/mol. The molecule has 64 valence electrons. The molecule has 0 aromatic heterocycles. The summed E-state index contributed by atoms with van der Waals surface area (Å²) in [6, 6.07) is 0. The maximum Gasteiger partial charge on any atom is 0.165 e. The molecule has 1 aliphatic heterocycles. The third kappa shape index (κ3) is 0.942. The molecule has 1 aliphatic carbocycles. The van der Waals surface area contributed by atoms with Crippen LogP contribution in [0.25, 0.3) is 0 Å². The Kier molecular flexibility index (Phi) is 1.63. The first-order valence-electron chi connectivity index (χ1n) is 4.50. The van der Waals surface area contributed by atoms with Gasteiger partial charge >= 0.3 is 0 Å². The van der Waals surface area contributed by atoms with Crippen LogP contribution in [0.4, 0.5) is 0 Å². The zero-order valence-electron chi connectivity index (χ0n) is 7.55. The first-order valence-corrected chi connectivity index (χ1v) is 4.50. The van der Waals surface area contributed by atoms with Gasteiger partial charge in [-0.3, -0.25) is 9.79 Å². The van der Waals surface area contributed by atoms with Crippen molar-refractivity contribution in [3.8, 4) is 0 Å². The van der Waals surface area contributed by atoms with Gasteiger partial charge < -0.3 is 0 Å². The molecule has 2 nitrogen and oxygen atoms in total. The van der Waals surface area contributed by atoms with Crippen molar-refractivity contribution in [1.82, 2.24) is 0 Å². The van der Waals surface area contributed by atoms with Crippen LogP contribution in [-0.2, 0) is 4.79 Å². The van der Waals surface area contributed by atoms with Crippen LogP contribution in [0.1, 0.15) is 26.7 Å². The molecule has 0 unspecified atom stereocenters.